The molecule has 2 aromatic rings. The molecule has 106 valence electrons. The number of halogens is 1. The summed E-state index contributed by atoms with van der Waals surface area (Å²) in [5, 5.41) is 1.96. The zero-order valence-corrected chi connectivity index (χ0v) is 14.5. The third-order valence-electron chi connectivity index (χ3n) is 2.54. The van der Waals surface area contributed by atoms with Crippen molar-refractivity contribution >= 4 is 56.5 Å². The van der Waals surface area contributed by atoms with Crippen LogP contribution in [0.3, 0.4) is 0 Å². The van der Waals surface area contributed by atoms with Gasteiger partial charge in [-0.05, 0) is 28.1 Å². The number of Topliss-reactive ketones (excluding diaryl/α,β-unsaturated/α-hetero) is 1. The van der Waals surface area contributed by atoms with Gasteiger partial charge < -0.3 is 4.98 Å². The van der Waals surface area contributed by atoms with Gasteiger partial charge in [-0.3, -0.25) is 9.59 Å². The van der Waals surface area contributed by atoms with Crippen molar-refractivity contribution in [3.8, 4) is 0 Å². The Balaban J connectivity index is 2.45. The summed E-state index contributed by atoms with van der Waals surface area (Å²) in [4.78, 5) is 27.5. The predicted molar refractivity (Wildman–Crippen MR) is 88.7 cm³/mol. The van der Waals surface area contributed by atoms with Crippen LogP contribution in [-0.2, 0) is 4.79 Å². The molecule has 0 aliphatic carbocycles. The molecule has 3 nitrogen and oxygen atoms in total. The summed E-state index contributed by atoms with van der Waals surface area (Å²) < 4.78 is 2.19. The molecule has 0 saturated carbocycles. The van der Waals surface area contributed by atoms with Crippen LogP contribution in [0.1, 0.15) is 25.6 Å². The molecule has 2 aromatic heterocycles. The molecule has 0 unspecified atom stereocenters. The number of carbonyl (C=O) groups excluding carboxylic acids is 1. The molecule has 0 aliphatic rings. The molecule has 0 amide bonds. The van der Waals surface area contributed by atoms with E-state index in [1.165, 1.54) is 17.4 Å². The van der Waals surface area contributed by atoms with Crippen LogP contribution in [-0.4, -0.2) is 10.8 Å². The quantitative estimate of drug-likeness (QED) is 0.881. The number of rotatable bonds is 2. The average molecular weight is 372 g/mol. The molecule has 0 spiro atoms. The van der Waals surface area contributed by atoms with Gasteiger partial charge in [0.1, 0.15) is 0 Å². The second-order valence-corrected chi connectivity index (χ2v) is 8.30. The SMILES string of the molecule is CC(C)(C)C(=O)/C=c1\[nH]c(=O)/c(=C/c2cc(Br)cs2)s1. The van der Waals surface area contributed by atoms with Gasteiger partial charge in [0.05, 0.1) is 9.20 Å². The Morgan fingerprint density at radius 2 is 2.10 bits per heavy atom. The van der Waals surface area contributed by atoms with Crippen molar-refractivity contribution in [2.75, 3.05) is 0 Å². The maximum atomic E-state index is 11.9. The molecule has 2 rings (SSSR count). The Morgan fingerprint density at radius 1 is 1.40 bits per heavy atom. The van der Waals surface area contributed by atoms with Crippen LogP contribution in [0.5, 0.6) is 0 Å². The standard InChI is InChI=1S/C14H14BrNO2S2/c1-14(2,3)11(17)6-12-16-13(18)10(20-12)5-9-4-8(15)7-19-9/h4-7H,1-3H3,(H,16,18)/b10-5-,12-6+. The minimum absolute atomic E-state index is 0.000387. The zero-order chi connectivity index (χ0) is 14.9. The van der Waals surface area contributed by atoms with Crippen molar-refractivity contribution < 1.29 is 4.79 Å². The van der Waals surface area contributed by atoms with E-state index in [0.717, 1.165) is 9.35 Å². The van der Waals surface area contributed by atoms with Crippen LogP contribution >= 0.6 is 38.6 Å². The van der Waals surface area contributed by atoms with Gasteiger partial charge >= 0.3 is 0 Å². The topological polar surface area (TPSA) is 49.9 Å². The summed E-state index contributed by atoms with van der Waals surface area (Å²) in [5.74, 6) is 0.000387. The molecule has 0 aromatic carbocycles. The maximum absolute atomic E-state index is 11.9. The average Bonchev–Trinajstić information content (AvgIpc) is 2.86. The Bertz CT molecular complexity index is 805. The highest BCUT2D eigenvalue weighted by atomic mass is 79.9. The Kier molecular flexibility index (Phi) is 4.46. The molecular formula is C14H14BrNO2S2. The Morgan fingerprint density at radius 3 is 2.65 bits per heavy atom. The minimum Gasteiger partial charge on any atom is -0.313 e. The fourth-order valence-corrected chi connectivity index (χ4v) is 3.72. The smallest absolute Gasteiger partial charge is 0.266 e. The second-order valence-electron chi connectivity index (χ2n) is 5.35. The lowest BCUT2D eigenvalue weighted by molar-refractivity contribution is -0.119. The molecule has 0 saturated heterocycles. The van der Waals surface area contributed by atoms with Crippen LogP contribution < -0.4 is 14.8 Å². The summed E-state index contributed by atoms with van der Waals surface area (Å²) in [5.41, 5.74) is -0.601. The monoisotopic (exact) mass is 371 g/mol. The van der Waals surface area contributed by atoms with Crippen LogP contribution in [0.2, 0.25) is 0 Å². The number of ketones is 1. The van der Waals surface area contributed by atoms with Gasteiger partial charge in [0.2, 0.25) is 0 Å². The van der Waals surface area contributed by atoms with E-state index in [4.69, 9.17) is 0 Å². The van der Waals surface area contributed by atoms with Gasteiger partial charge in [0, 0.05) is 26.2 Å². The largest absolute Gasteiger partial charge is 0.313 e. The first kappa shape index (κ1) is 15.4. The number of aromatic amines is 1. The summed E-state index contributed by atoms with van der Waals surface area (Å²) in [6, 6.07) is 1.95. The van der Waals surface area contributed by atoms with Gasteiger partial charge in [-0.1, -0.05) is 20.8 Å². The van der Waals surface area contributed by atoms with E-state index < -0.39 is 5.41 Å². The van der Waals surface area contributed by atoms with Gasteiger partial charge in [-0.25, -0.2) is 0 Å². The first-order chi connectivity index (χ1) is 9.25. The fraction of sp³-hybridized carbons (Fsp3) is 0.286. The van der Waals surface area contributed by atoms with Gasteiger partial charge in [0.15, 0.2) is 5.78 Å². The van der Waals surface area contributed by atoms with Crippen LogP contribution in [0.25, 0.3) is 12.2 Å². The lowest BCUT2D eigenvalue weighted by Crippen LogP contribution is -2.21. The summed E-state index contributed by atoms with van der Waals surface area (Å²) in [6.45, 7) is 5.56. The van der Waals surface area contributed by atoms with E-state index in [-0.39, 0.29) is 11.3 Å². The molecule has 0 aliphatic heterocycles. The van der Waals surface area contributed by atoms with E-state index in [1.54, 1.807) is 11.3 Å². The molecule has 1 N–H and O–H groups in total. The molecule has 0 atom stereocenters. The van der Waals surface area contributed by atoms with Crippen LogP contribution in [0, 0.1) is 5.41 Å². The Hall–Kier alpha value is -0.980. The predicted octanol–water partition coefficient (Wildman–Crippen LogP) is 2.48. The maximum Gasteiger partial charge on any atom is 0.266 e. The number of thiophene rings is 1. The minimum atomic E-state index is -0.441. The van der Waals surface area contributed by atoms with Crippen molar-refractivity contribution in [3.05, 3.63) is 40.3 Å². The highest BCUT2D eigenvalue weighted by Crippen LogP contribution is 2.19. The number of nitrogens with one attached hydrogen (secondary N) is 1. The summed E-state index contributed by atoms with van der Waals surface area (Å²) in [7, 11) is 0. The van der Waals surface area contributed by atoms with Crippen molar-refractivity contribution in [1.82, 2.24) is 4.98 Å². The molecule has 6 heteroatoms. The number of thiazole rings is 1. The first-order valence-corrected chi connectivity index (χ1v) is 8.46. The highest BCUT2D eigenvalue weighted by Gasteiger charge is 2.18. The Labute approximate surface area is 132 Å². The third kappa shape index (κ3) is 3.77. The van der Waals surface area contributed by atoms with E-state index in [1.807, 2.05) is 38.3 Å². The van der Waals surface area contributed by atoms with Gasteiger partial charge in [0.25, 0.3) is 5.56 Å². The number of H-pyrrole nitrogens is 1. The number of hydrogen-bond acceptors (Lipinski definition) is 4. The van der Waals surface area contributed by atoms with Crippen molar-refractivity contribution in [1.29, 1.82) is 0 Å². The van der Waals surface area contributed by atoms with E-state index in [2.05, 4.69) is 20.9 Å². The van der Waals surface area contributed by atoms with Crippen molar-refractivity contribution in [2.24, 2.45) is 5.41 Å². The van der Waals surface area contributed by atoms with Gasteiger partial charge in [-0.15, -0.1) is 22.7 Å². The molecule has 0 fully saturated rings. The molecule has 2 heterocycles. The fourth-order valence-electron chi connectivity index (χ4n) is 1.39. The summed E-state index contributed by atoms with van der Waals surface area (Å²) in [6.07, 6.45) is 3.34. The van der Waals surface area contributed by atoms with Crippen molar-refractivity contribution in [3.63, 3.8) is 0 Å². The van der Waals surface area contributed by atoms with E-state index in [0.29, 0.717) is 9.20 Å². The number of aromatic nitrogens is 1. The lowest BCUT2D eigenvalue weighted by Gasteiger charge is -2.12. The molecule has 0 bridgehead atoms. The van der Waals surface area contributed by atoms with Crippen LogP contribution in [0.4, 0.5) is 0 Å². The summed E-state index contributed by atoms with van der Waals surface area (Å²) >= 11 is 6.24. The molecular weight excluding hydrogens is 358 g/mol. The zero-order valence-electron chi connectivity index (χ0n) is 11.3. The van der Waals surface area contributed by atoms with E-state index in [9.17, 15) is 9.59 Å². The second kappa shape index (κ2) is 5.79. The van der Waals surface area contributed by atoms with E-state index >= 15 is 0 Å². The molecule has 0 radical (unpaired) electrons. The lowest BCUT2D eigenvalue weighted by atomic mass is 9.91. The first-order valence-electron chi connectivity index (χ1n) is 5.97. The normalized spacial score (nSPS) is 14.0. The van der Waals surface area contributed by atoms with Crippen LogP contribution in [0.15, 0.2) is 20.7 Å². The number of carbonyl (C=O) groups is 1. The molecule has 20 heavy (non-hydrogen) atoms. The third-order valence-corrected chi connectivity index (χ3v) is 5.15. The van der Waals surface area contributed by atoms with Gasteiger partial charge in [-0.2, -0.15) is 0 Å². The van der Waals surface area contributed by atoms with Crippen molar-refractivity contribution in [2.45, 2.75) is 20.8 Å². The number of hydrogen-bond donors (Lipinski definition) is 1. The highest BCUT2D eigenvalue weighted by molar-refractivity contribution is 9.10.